The predicted octanol–water partition coefficient (Wildman–Crippen LogP) is 2.60. The first-order chi connectivity index (χ1) is 10.9. The Balaban J connectivity index is 1.88. The highest BCUT2D eigenvalue weighted by Crippen LogP contribution is 2.30. The Morgan fingerprint density at radius 2 is 2.17 bits per heavy atom. The van der Waals surface area contributed by atoms with Crippen LogP contribution >= 0.6 is 11.8 Å². The van der Waals surface area contributed by atoms with E-state index in [0.717, 1.165) is 28.3 Å². The molecule has 6 heteroatoms. The molecule has 2 aromatic rings. The fourth-order valence-corrected chi connectivity index (χ4v) is 3.93. The van der Waals surface area contributed by atoms with Crippen LogP contribution in [0.15, 0.2) is 24.4 Å². The molecule has 1 fully saturated rings. The maximum atomic E-state index is 12.3. The molecule has 1 aliphatic heterocycles. The summed E-state index contributed by atoms with van der Waals surface area (Å²) in [5.41, 5.74) is 3.49. The van der Waals surface area contributed by atoms with Crippen molar-refractivity contribution in [2.45, 2.75) is 32.8 Å². The first-order valence-electron chi connectivity index (χ1n) is 7.64. The number of aromatic nitrogens is 2. The molecular formula is C17H21N3O2S. The lowest BCUT2D eigenvalue weighted by molar-refractivity contribution is -0.131. The zero-order valence-electron chi connectivity index (χ0n) is 13.6. The number of benzene rings is 1. The van der Waals surface area contributed by atoms with Gasteiger partial charge in [-0.25, -0.2) is 4.68 Å². The highest BCUT2D eigenvalue weighted by molar-refractivity contribution is 7.99. The summed E-state index contributed by atoms with van der Waals surface area (Å²) in [5.74, 6) is 0.916. The summed E-state index contributed by atoms with van der Waals surface area (Å²) >= 11 is 1.60. The summed E-state index contributed by atoms with van der Waals surface area (Å²) in [6, 6.07) is 6.19. The molecule has 1 saturated heterocycles. The summed E-state index contributed by atoms with van der Waals surface area (Å²) in [6.07, 6.45) is 2.13. The Bertz CT molecular complexity index is 748. The molecule has 122 valence electrons. The van der Waals surface area contributed by atoms with Crippen LogP contribution in [-0.4, -0.2) is 37.9 Å². The third-order valence-electron chi connectivity index (χ3n) is 4.27. The number of nitrogens with zero attached hydrogens (tertiary/aromatic N) is 2. The number of carbonyl (C=O) groups is 1. The van der Waals surface area contributed by atoms with Crippen LogP contribution in [0.5, 0.6) is 0 Å². The Morgan fingerprint density at radius 1 is 1.39 bits per heavy atom. The zero-order valence-corrected chi connectivity index (χ0v) is 14.4. The van der Waals surface area contributed by atoms with Crippen molar-refractivity contribution in [1.82, 2.24) is 9.78 Å². The number of nitrogens with one attached hydrogen (secondary N) is 1. The van der Waals surface area contributed by atoms with Crippen LogP contribution in [0.4, 0.5) is 5.69 Å². The van der Waals surface area contributed by atoms with E-state index in [9.17, 15) is 9.90 Å². The minimum absolute atomic E-state index is 0.342. The van der Waals surface area contributed by atoms with Crippen molar-refractivity contribution in [1.29, 1.82) is 0 Å². The molecule has 23 heavy (non-hydrogen) atoms. The standard InChI is InChI=1S/C17H21N3O2S/c1-11-4-5-12(2)15(8-11)20-13(3)14(9-18-20)19-16(21)17(22)6-7-23-10-17/h4-5,8-9,22H,6-7,10H2,1-3H3,(H,19,21). The van der Waals surface area contributed by atoms with Gasteiger partial charge in [-0.3, -0.25) is 4.79 Å². The van der Waals surface area contributed by atoms with E-state index in [2.05, 4.69) is 28.6 Å². The molecule has 0 spiro atoms. The minimum atomic E-state index is -1.27. The van der Waals surface area contributed by atoms with E-state index >= 15 is 0 Å². The van der Waals surface area contributed by atoms with Gasteiger partial charge in [0.2, 0.25) is 0 Å². The van der Waals surface area contributed by atoms with Crippen molar-refractivity contribution in [3.8, 4) is 5.69 Å². The lowest BCUT2D eigenvalue weighted by Crippen LogP contribution is -2.42. The Labute approximate surface area is 140 Å². The number of aryl methyl sites for hydroxylation is 2. The number of anilines is 1. The predicted molar refractivity (Wildman–Crippen MR) is 93.3 cm³/mol. The molecule has 0 radical (unpaired) electrons. The van der Waals surface area contributed by atoms with E-state index in [4.69, 9.17) is 0 Å². The van der Waals surface area contributed by atoms with Crippen LogP contribution in [-0.2, 0) is 4.79 Å². The monoisotopic (exact) mass is 331 g/mol. The Morgan fingerprint density at radius 3 is 2.87 bits per heavy atom. The van der Waals surface area contributed by atoms with E-state index < -0.39 is 5.60 Å². The van der Waals surface area contributed by atoms with Crippen LogP contribution in [0.1, 0.15) is 23.2 Å². The Kier molecular flexibility index (Phi) is 4.21. The maximum Gasteiger partial charge on any atom is 0.257 e. The van der Waals surface area contributed by atoms with Gasteiger partial charge in [0, 0.05) is 5.75 Å². The van der Waals surface area contributed by atoms with Gasteiger partial charge < -0.3 is 10.4 Å². The number of thioether (sulfide) groups is 1. The topological polar surface area (TPSA) is 67.2 Å². The largest absolute Gasteiger partial charge is 0.379 e. The second kappa shape index (κ2) is 6.02. The molecule has 0 aliphatic carbocycles. The molecule has 1 unspecified atom stereocenters. The molecule has 1 amide bonds. The quantitative estimate of drug-likeness (QED) is 0.907. The van der Waals surface area contributed by atoms with Gasteiger partial charge in [-0.05, 0) is 50.1 Å². The van der Waals surface area contributed by atoms with Crippen molar-refractivity contribution in [2.24, 2.45) is 0 Å². The average molecular weight is 331 g/mol. The number of hydrogen-bond donors (Lipinski definition) is 2. The van der Waals surface area contributed by atoms with E-state index in [0.29, 0.717) is 17.9 Å². The van der Waals surface area contributed by atoms with E-state index in [1.807, 2.05) is 25.5 Å². The number of rotatable bonds is 3. The lowest BCUT2D eigenvalue weighted by Gasteiger charge is -2.20. The third kappa shape index (κ3) is 3.01. The van der Waals surface area contributed by atoms with E-state index in [1.165, 1.54) is 0 Å². The van der Waals surface area contributed by atoms with Crippen LogP contribution < -0.4 is 5.32 Å². The molecule has 2 N–H and O–H groups in total. The maximum absolute atomic E-state index is 12.3. The molecule has 3 rings (SSSR count). The zero-order chi connectivity index (χ0) is 16.6. The van der Waals surface area contributed by atoms with Crippen LogP contribution in [0.25, 0.3) is 5.69 Å². The SMILES string of the molecule is Cc1ccc(C)c(-n2ncc(NC(=O)C3(O)CCSC3)c2C)c1. The molecule has 1 aromatic heterocycles. The molecule has 1 atom stereocenters. The van der Waals surface area contributed by atoms with Crippen LogP contribution in [0.2, 0.25) is 0 Å². The summed E-state index contributed by atoms with van der Waals surface area (Å²) < 4.78 is 1.82. The molecule has 0 bridgehead atoms. The highest BCUT2D eigenvalue weighted by atomic mass is 32.2. The molecule has 0 saturated carbocycles. The van der Waals surface area contributed by atoms with Crippen molar-refractivity contribution in [2.75, 3.05) is 16.8 Å². The van der Waals surface area contributed by atoms with E-state index in [1.54, 1.807) is 18.0 Å². The van der Waals surface area contributed by atoms with Gasteiger partial charge in [-0.2, -0.15) is 16.9 Å². The second-order valence-corrected chi connectivity index (χ2v) is 7.24. The molecular weight excluding hydrogens is 310 g/mol. The van der Waals surface area contributed by atoms with E-state index in [-0.39, 0.29) is 5.91 Å². The molecule has 1 aliphatic rings. The highest BCUT2D eigenvalue weighted by Gasteiger charge is 2.39. The Hall–Kier alpha value is -1.79. The fourth-order valence-electron chi connectivity index (χ4n) is 2.69. The second-order valence-electron chi connectivity index (χ2n) is 6.13. The van der Waals surface area contributed by atoms with Gasteiger partial charge in [0.15, 0.2) is 5.60 Å². The molecule has 1 aromatic carbocycles. The summed E-state index contributed by atoms with van der Waals surface area (Å²) in [4.78, 5) is 12.3. The van der Waals surface area contributed by atoms with Gasteiger partial charge >= 0.3 is 0 Å². The van der Waals surface area contributed by atoms with Crippen molar-refractivity contribution < 1.29 is 9.90 Å². The normalized spacial score (nSPS) is 20.7. The summed E-state index contributed by atoms with van der Waals surface area (Å²) in [6.45, 7) is 5.99. The summed E-state index contributed by atoms with van der Waals surface area (Å²) in [5, 5.41) is 17.6. The van der Waals surface area contributed by atoms with Gasteiger partial charge in [-0.1, -0.05) is 12.1 Å². The third-order valence-corrected chi connectivity index (χ3v) is 5.45. The average Bonchev–Trinajstić information content (AvgIpc) is 3.10. The number of hydrogen-bond acceptors (Lipinski definition) is 4. The first kappa shape index (κ1) is 16.1. The van der Waals surface area contributed by atoms with Gasteiger partial charge in [-0.15, -0.1) is 0 Å². The van der Waals surface area contributed by atoms with Gasteiger partial charge in [0.1, 0.15) is 0 Å². The van der Waals surface area contributed by atoms with Gasteiger partial charge in [0.05, 0.1) is 23.3 Å². The molecule has 2 heterocycles. The number of aliphatic hydroxyl groups is 1. The van der Waals surface area contributed by atoms with Crippen molar-refractivity contribution in [3.63, 3.8) is 0 Å². The lowest BCUT2D eigenvalue weighted by atomic mass is 10.0. The number of carbonyl (C=O) groups excluding carboxylic acids is 1. The fraction of sp³-hybridized carbons (Fsp3) is 0.412. The van der Waals surface area contributed by atoms with Crippen LogP contribution in [0.3, 0.4) is 0 Å². The van der Waals surface area contributed by atoms with Crippen LogP contribution in [0, 0.1) is 20.8 Å². The smallest absolute Gasteiger partial charge is 0.257 e. The molecule has 5 nitrogen and oxygen atoms in total. The summed E-state index contributed by atoms with van der Waals surface area (Å²) in [7, 11) is 0. The van der Waals surface area contributed by atoms with Crippen molar-refractivity contribution in [3.05, 3.63) is 41.2 Å². The van der Waals surface area contributed by atoms with Gasteiger partial charge in [0.25, 0.3) is 5.91 Å². The minimum Gasteiger partial charge on any atom is -0.379 e. The first-order valence-corrected chi connectivity index (χ1v) is 8.80. The number of amides is 1. The van der Waals surface area contributed by atoms with Crippen molar-refractivity contribution >= 4 is 23.4 Å².